The van der Waals surface area contributed by atoms with E-state index in [2.05, 4.69) is 19.8 Å². The molecule has 0 saturated carbocycles. The maximum Gasteiger partial charge on any atom is 0.573 e. The fraction of sp³-hybridized carbons (Fsp3) is 0.174. The molecule has 17 heteroatoms. The number of nitrogens with one attached hydrogen (secondary N) is 1. The van der Waals surface area contributed by atoms with Gasteiger partial charge in [0.25, 0.3) is 11.8 Å². The Kier molecular flexibility index (Phi) is 8.26. The minimum atomic E-state index is -5.38. The number of methoxy groups -OCH3 is 2. The summed E-state index contributed by atoms with van der Waals surface area (Å²) >= 11 is 0. The van der Waals surface area contributed by atoms with Crippen LogP contribution in [0.5, 0.6) is 28.7 Å². The summed E-state index contributed by atoms with van der Waals surface area (Å²) < 4.78 is 127. The van der Waals surface area contributed by atoms with Crippen molar-refractivity contribution in [1.29, 1.82) is 0 Å². The maximum atomic E-state index is 15.3. The first-order chi connectivity index (χ1) is 18.6. The van der Waals surface area contributed by atoms with Crippen molar-refractivity contribution in [3.63, 3.8) is 0 Å². The van der Waals surface area contributed by atoms with Crippen molar-refractivity contribution in [3.8, 4) is 28.7 Å². The third-order valence-electron chi connectivity index (χ3n) is 4.87. The van der Waals surface area contributed by atoms with Gasteiger partial charge in [0.2, 0.25) is 11.6 Å². The van der Waals surface area contributed by atoms with Crippen LogP contribution in [0.15, 0.2) is 36.5 Å². The first kappa shape index (κ1) is 29.7. The van der Waals surface area contributed by atoms with Crippen LogP contribution in [0.2, 0.25) is 0 Å². The second kappa shape index (κ2) is 11.1. The van der Waals surface area contributed by atoms with E-state index in [0.29, 0.717) is 18.2 Å². The average molecular weight is 581 g/mol. The molecule has 9 nitrogen and oxygen atoms in total. The number of pyridine rings is 1. The summed E-state index contributed by atoms with van der Waals surface area (Å²) in [6.45, 7) is 0. The standard InChI is InChI=1S/C23H15F8N3O6/c1-37-14-7-13(39-12-6-5-11(40-23(29,30)31)17(24)19(12)38-2)15(18(25)16(14)22(26,27)28)21(36)34-9-3-4-10(20(32)35)33-8-9/h3-8H,1-2H3,(H2,32,35)(H,34,36). The van der Waals surface area contributed by atoms with Crippen molar-refractivity contribution in [3.05, 3.63) is 65.0 Å². The molecule has 2 aromatic carbocycles. The van der Waals surface area contributed by atoms with Crippen LogP contribution in [0, 0.1) is 11.6 Å². The molecule has 0 spiro atoms. The number of nitrogens with zero attached hydrogens (tertiary/aromatic N) is 1. The number of hydrogen-bond donors (Lipinski definition) is 2. The summed E-state index contributed by atoms with van der Waals surface area (Å²) in [5.74, 6) is -11.7. The van der Waals surface area contributed by atoms with E-state index >= 15 is 4.39 Å². The zero-order valence-electron chi connectivity index (χ0n) is 20.0. The largest absolute Gasteiger partial charge is 0.573 e. The van der Waals surface area contributed by atoms with Gasteiger partial charge in [0.15, 0.2) is 17.3 Å². The number of nitrogens with two attached hydrogens (primary N) is 1. The molecule has 0 atom stereocenters. The van der Waals surface area contributed by atoms with Crippen molar-refractivity contribution >= 4 is 17.5 Å². The molecule has 0 fully saturated rings. The summed E-state index contributed by atoms with van der Waals surface area (Å²) in [4.78, 5) is 27.8. The molecular weight excluding hydrogens is 566 g/mol. The van der Waals surface area contributed by atoms with Crippen LogP contribution >= 0.6 is 0 Å². The normalized spacial score (nSPS) is 11.6. The van der Waals surface area contributed by atoms with Gasteiger partial charge in [-0.05, 0) is 24.3 Å². The number of ether oxygens (including phenoxy) is 4. The molecule has 3 N–H and O–H groups in total. The van der Waals surface area contributed by atoms with Crippen molar-refractivity contribution in [2.75, 3.05) is 19.5 Å². The fourth-order valence-electron chi connectivity index (χ4n) is 3.24. The molecule has 214 valence electrons. The van der Waals surface area contributed by atoms with Crippen molar-refractivity contribution in [2.45, 2.75) is 12.5 Å². The lowest BCUT2D eigenvalue weighted by atomic mass is 10.0. The van der Waals surface area contributed by atoms with Gasteiger partial charge in [0.1, 0.15) is 28.3 Å². The topological polar surface area (TPSA) is 122 Å². The lowest BCUT2D eigenvalue weighted by Gasteiger charge is -2.20. The monoisotopic (exact) mass is 581 g/mol. The number of rotatable bonds is 8. The second-order valence-electron chi connectivity index (χ2n) is 7.45. The smallest absolute Gasteiger partial charge is 0.496 e. The van der Waals surface area contributed by atoms with Gasteiger partial charge in [-0.2, -0.15) is 17.6 Å². The molecule has 1 heterocycles. The number of benzene rings is 2. The quantitative estimate of drug-likeness (QED) is 0.340. The molecule has 1 aromatic heterocycles. The summed E-state index contributed by atoms with van der Waals surface area (Å²) in [6, 6.07) is 3.70. The molecule has 3 aromatic rings. The molecule has 0 aliphatic heterocycles. The van der Waals surface area contributed by atoms with Crippen LogP contribution in [-0.2, 0) is 6.18 Å². The number of hydrogen-bond acceptors (Lipinski definition) is 7. The molecule has 40 heavy (non-hydrogen) atoms. The Labute approximate surface area is 218 Å². The number of alkyl halides is 6. The molecule has 0 saturated heterocycles. The Morgan fingerprint density at radius 2 is 1.52 bits per heavy atom. The molecule has 3 rings (SSSR count). The number of carbonyl (C=O) groups is 2. The molecule has 0 bridgehead atoms. The molecule has 0 radical (unpaired) electrons. The number of anilines is 1. The van der Waals surface area contributed by atoms with Crippen LogP contribution < -0.4 is 30.0 Å². The number of amides is 2. The third-order valence-corrected chi connectivity index (χ3v) is 4.87. The number of halogens is 8. The van der Waals surface area contributed by atoms with E-state index in [4.69, 9.17) is 15.2 Å². The van der Waals surface area contributed by atoms with Gasteiger partial charge in [0.05, 0.1) is 26.1 Å². The van der Waals surface area contributed by atoms with Gasteiger partial charge < -0.3 is 30.0 Å². The SMILES string of the molecule is COc1cc(Oc2ccc(OC(F)(F)F)c(F)c2OC)c(C(=O)Nc2ccc(C(N)=O)nc2)c(F)c1C(F)(F)F. The van der Waals surface area contributed by atoms with Gasteiger partial charge >= 0.3 is 12.5 Å². The highest BCUT2D eigenvalue weighted by atomic mass is 19.4. The van der Waals surface area contributed by atoms with Crippen molar-refractivity contribution in [1.82, 2.24) is 4.98 Å². The van der Waals surface area contributed by atoms with Crippen LogP contribution in [0.1, 0.15) is 26.4 Å². The lowest BCUT2D eigenvalue weighted by Crippen LogP contribution is -2.20. The molecule has 0 aliphatic rings. The van der Waals surface area contributed by atoms with Gasteiger partial charge in [-0.1, -0.05) is 0 Å². The fourth-order valence-corrected chi connectivity index (χ4v) is 3.24. The maximum absolute atomic E-state index is 15.3. The van der Waals surface area contributed by atoms with E-state index in [9.17, 15) is 40.3 Å². The van der Waals surface area contributed by atoms with Crippen LogP contribution in [0.3, 0.4) is 0 Å². The molecule has 0 unspecified atom stereocenters. The predicted molar refractivity (Wildman–Crippen MR) is 118 cm³/mol. The molecule has 0 aliphatic carbocycles. The Bertz CT molecular complexity index is 1440. The minimum Gasteiger partial charge on any atom is -0.496 e. The Morgan fingerprint density at radius 3 is 2.02 bits per heavy atom. The number of aromatic nitrogens is 1. The average Bonchev–Trinajstić information content (AvgIpc) is 2.84. The molecular formula is C23H15F8N3O6. The van der Waals surface area contributed by atoms with Crippen molar-refractivity contribution < 1.29 is 63.7 Å². The summed E-state index contributed by atoms with van der Waals surface area (Å²) in [7, 11) is 1.57. The minimum absolute atomic E-state index is 0.220. The Hall–Kier alpha value is -4.83. The summed E-state index contributed by atoms with van der Waals surface area (Å²) in [5, 5.41) is 2.05. The lowest BCUT2D eigenvalue weighted by molar-refractivity contribution is -0.275. The number of primary amides is 1. The Morgan fingerprint density at radius 1 is 0.875 bits per heavy atom. The summed E-state index contributed by atoms with van der Waals surface area (Å²) in [5.41, 5.74) is 1.23. The zero-order valence-corrected chi connectivity index (χ0v) is 20.0. The zero-order chi connectivity index (χ0) is 30.0. The highest BCUT2D eigenvalue weighted by Crippen LogP contribution is 2.46. The van der Waals surface area contributed by atoms with E-state index in [1.807, 2.05) is 0 Å². The highest BCUT2D eigenvalue weighted by Gasteiger charge is 2.42. The van der Waals surface area contributed by atoms with Crippen LogP contribution in [0.4, 0.5) is 40.8 Å². The van der Waals surface area contributed by atoms with Crippen molar-refractivity contribution in [2.24, 2.45) is 5.73 Å². The van der Waals surface area contributed by atoms with Gasteiger partial charge in [-0.3, -0.25) is 9.59 Å². The van der Waals surface area contributed by atoms with E-state index in [1.165, 1.54) is 0 Å². The Balaban J connectivity index is 2.16. The summed E-state index contributed by atoms with van der Waals surface area (Å²) in [6.07, 6.45) is -9.79. The van der Waals surface area contributed by atoms with Crippen LogP contribution in [0.25, 0.3) is 0 Å². The van der Waals surface area contributed by atoms with Gasteiger partial charge in [-0.25, -0.2) is 9.37 Å². The predicted octanol–water partition coefficient (Wildman–Crippen LogP) is 5.44. The third kappa shape index (κ3) is 6.41. The van der Waals surface area contributed by atoms with E-state index in [0.717, 1.165) is 32.5 Å². The van der Waals surface area contributed by atoms with E-state index in [1.54, 1.807) is 0 Å². The molecule has 2 amide bonds. The van der Waals surface area contributed by atoms with Gasteiger partial charge in [-0.15, -0.1) is 13.2 Å². The second-order valence-corrected chi connectivity index (χ2v) is 7.45. The van der Waals surface area contributed by atoms with E-state index < -0.39 is 75.9 Å². The van der Waals surface area contributed by atoms with Gasteiger partial charge in [0, 0.05) is 6.07 Å². The van der Waals surface area contributed by atoms with Crippen LogP contribution in [-0.4, -0.2) is 37.4 Å². The first-order valence-electron chi connectivity index (χ1n) is 10.4. The number of carbonyl (C=O) groups excluding carboxylic acids is 2. The highest BCUT2D eigenvalue weighted by molar-refractivity contribution is 6.07. The first-order valence-corrected chi connectivity index (χ1v) is 10.4. The van der Waals surface area contributed by atoms with E-state index in [-0.39, 0.29) is 11.4 Å².